The van der Waals surface area contributed by atoms with Crippen LogP contribution in [0.2, 0.25) is 0 Å². The van der Waals surface area contributed by atoms with Crippen LogP contribution in [0.4, 0.5) is 5.13 Å². The van der Waals surface area contributed by atoms with Crippen LogP contribution in [0.25, 0.3) is 11.3 Å². The monoisotopic (exact) mass is 443 g/mol. The number of thiazole rings is 1. The van der Waals surface area contributed by atoms with Crippen LogP contribution in [0.1, 0.15) is 39.1 Å². The van der Waals surface area contributed by atoms with E-state index in [2.05, 4.69) is 15.6 Å². The number of ether oxygens (including phenoxy) is 1. The number of anilines is 1. The number of thiophene rings is 1. The van der Waals surface area contributed by atoms with E-state index in [-0.39, 0.29) is 24.8 Å². The molecule has 2 aromatic heterocycles. The predicted octanol–water partition coefficient (Wildman–Crippen LogP) is 4.20. The highest BCUT2D eigenvalue weighted by molar-refractivity contribution is 7.18. The maximum Gasteiger partial charge on any atom is 0.350 e. The first-order valence-corrected chi connectivity index (χ1v) is 11.1. The molecule has 0 saturated carbocycles. The Morgan fingerprint density at radius 3 is 2.60 bits per heavy atom. The number of hydrogen-bond donors (Lipinski definition) is 2. The highest BCUT2D eigenvalue weighted by Crippen LogP contribution is 2.31. The fourth-order valence-electron chi connectivity index (χ4n) is 2.63. The molecule has 2 heterocycles. The number of hydrogen-bond acceptors (Lipinski definition) is 7. The normalized spacial score (nSPS) is 10.4. The summed E-state index contributed by atoms with van der Waals surface area (Å²) < 4.78 is 5.12. The molecule has 3 rings (SSSR count). The maximum atomic E-state index is 12.3. The maximum absolute atomic E-state index is 12.3. The van der Waals surface area contributed by atoms with Crippen LogP contribution < -0.4 is 10.6 Å². The first-order chi connectivity index (χ1) is 14.6. The Labute approximate surface area is 182 Å². The summed E-state index contributed by atoms with van der Waals surface area (Å²) in [5.41, 5.74) is 1.26. The minimum absolute atomic E-state index is 0.142. The van der Waals surface area contributed by atoms with Gasteiger partial charge in [0.1, 0.15) is 4.88 Å². The first-order valence-electron chi connectivity index (χ1n) is 9.43. The number of esters is 1. The number of nitrogens with zero attached hydrogens (tertiary/aromatic N) is 1. The number of benzene rings is 1. The molecule has 0 spiro atoms. The molecule has 2 N–H and O–H groups in total. The van der Waals surface area contributed by atoms with Gasteiger partial charge < -0.3 is 15.4 Å². The zero-order valence-corrected chi connectivity index (χ0v) is 18.0. The fourth-order valence-corrected chi connectivity index (χ4v) is 4.17. The third-order valence-corrected chi connectivity index (χ3v) is 5.81. The molecule has 7 nitrogen and oxygen atoms in total. The lowest BCUT2D eigenvalue weighted by atomic mass is 10.1. The predicted molar refractivity (Wildman–Crippen MR) is 118 cm³/mol. The van der Waals surface area contributed by atoms with Gasteiger partial charge >= 0.3 is 5.97 Å². The minimum Gasteiger partial charge on any atom is -0.462 e. The molecule has 9 heteroatoms. The van der Waals surface area contributed by atoms with Crippen molar-refractivity contribution in [2.24, 2.45) is 0 Å². The van der Waals surface area contributed by atoms with Gasteiger partial charge in [0.2, 0.25) is 5.91 Å². The third-order valence-electron chi connectivity index (χ3n) is 3.99. The van der Waals surface area contributed by atoms with Gasteiger partial charge in [-0.3, -0.25) is 9.59 Å². The van der Waals surface area contributed by atoms with Crippen molar-refractivity contribution in [3.8, 4) is 11.3 Å². The number of rotatable bonds is 9. The van der Waals surface area contributed by atoms with Gasteiger partial charge in [-0.25, -0.2) is 9.78 Å². The van der Waals surface area contributed by atoms with E-state index in [0.717, 1.165) is 16.9 Å². The van der Waals surface area contributed by atoms with Crippen LogP contribution in [-0.4, -0.2) is 35.9 Å². The molecule has 3 aromatic rings. The van der Waals surface area contributed by atoms with Crippen molar-refractivity contribution >= 4 is 45.6 Å². The summed E-state index contributed by atoms with van der Waals surface area (Å²) in [5, 5.41) is 7.70. The molecule has 0 aliphatic rings. The van der Waals surface area contributed by atoms with Crippen molar-refractivity contribution in [1.29, 1.82) is 0 Å². The first kappa shape index (κ1) is 21.7. The molecule has 0 radical (unpaired) electrons. The Kier molecular flexibility index (Phi) is 7.69. The number of carbonyl (C=O) groups excluding carboxylic acids is 3. The van der Waals surface area contributed by atoms with Crippen LogP contribution in [0.5, 0.6) is 0 Å². The second-order valence-corrected chi connectivity index (χ2v) is 8.11. The van der Waals surface area contributed by atoms with Crippen LogP contribution in [-0.2, 0) is 9.53 Å². The van der Waals surface area contributed by atoms with E-state index in [1.807, 2.05) is 41.8 Å². The summed E-state index contributed by atoms with van der Waals surface area (Å²) in [4.78, 5) is 41.9. The second kappa shape index (κ2) is 10.7. The average Bonchev–Trinajstić information content (AvgIpc) is 3.42. The average molecular weight is 444 g/mol. The van der Waals surface area contributed by atoms with Gasteiger partial charge in [-0.1, -0.05) is 47.7 Å². The van der Waals surface area contributed by atoms with Crippen molar-refractivity contribution in [3.05, 3.63) is 57.6 Å². The molecule has 0 aliphatic heterocycles. The van der Waals surface area contributed by atoms with Crippen molar-refractivity contribution in [2.45, 2.75) is 19.8 Å². The second-order valence-electron chi connectivity index (χ2n) is 6.17. The summed E-state index contributed by atoms with van der Waals surface area (Å²) in [5.74, 6) is -0.841. The van der Waals surface area contributed by atoms with E-state index in [9.17, 15) is 14.4 Å². The zero-order chi connectivity index (χ0) is 21.3. The van der Waals surface area contributed by atoms with Gasteiger partial charge in [0, 0.05) is 18.5 Å². The minimum atomic E-state index is -0.467. The molecule has 156 valence electrons. The highest BCUT2D eigenvalue weighted by Gasteiger charge is 2.21. The molecule has 0 bridgehead atoms. The molecule has 1 aromatic carbocycles. The molecule has 30 heavy (non-hydrogen) atoms. The van der Waals surface area contributed by atoms with Crippen LogP contribution in [0, 0.1) is 0 Å². The summed E-state index contributed by atoms with van der Waals surface area (Å²) in [7, 11) is 0. The van der Waals surface area contributed by atoms with Crippen molar-refractivity contribution < 1.29 is 19.1 Å². The van der Waals surface area contributed by atoms with Crippen molar-refractivity contribution in [2.75, 3.05) is 18.5 Å². The Morgan fingerprint density at radius 2 is 1.90 bits per heavy atom. The lowest BCUT2D eigenvalue weighted by Crippen LogP contribution is -2.24. The largest absolute Gasteiger partial charge is 0.462 e. The van der Waals surface area contributed by atoms with E-state index >= 15 is 0 Å². The van der Waals surface area contributed by atoms with Gasteiger partial charge in [0.05, 0.1) is 17.2 Å². The van der Waals surface area contributed by atoms with E-state index in [4.69, 9.17) is 4.74 Å². The molecule has 0 unspecified atom stereocenters. The lowest BCUT2D eigenvalue weighted by Gasteiger charge is -2.04. The molecular formula is C21H21N3O4S2. The summed E-state index contributed by atoms with van der Waals surface area (Å²) in [6, 6.07) is 12.8. The Hall–Kier alpha value is -3.04. The molecule has 0 atom stereocenters. The Morgan fingerprint density at radius 1 is 1.10 bits per heavy atom. The van der Waals surface area contributed by atoms with Crippen LogP contribution in [0.3, 0.4) is 0 Å². The lowest BCUT2D eigenvalue weighted by molar-refractivity contribution is -0.116. The van der Waals surface area contributed by atoms with Gasteiger partial charge in [-0.05, 0) is 24.8 Å². The Balaban J connectivity index is 1.58. The Bertz CT molecular complexity index is 1000. The smallest absolute Gasteiger partial charge is 0.350 e. The van der Waals surface area contributed by atoms with Crippen LogP contribution >= 0.6 is 22.7 Å². The number of aromatic nitrogens is 1. The van der Waals surface area contributed by atoms with Gasteiger partial charge in [-0.15, -0.1) is 11.3 Å². The third kappa shape index (κ3) is 5.74. The molecular weight excluding hydrogens is 422 g/mol. The zero-order valence-electron chi connectivity index (χ0n) is 16.3. The van der Waals surface area contributed by atoms with E-state index in [1.54, 1.807) is 13.0 Å². The van der Waals surface area contributed by atoms with E-state index in [0.29, 0.717) is 33.5 Å². The number of nitrogens with one attached hydrogen (secondary N) is 2. The molecule has 0 aliphatic carbocycles. The van der Waals surface area contributed by atoms with Gasteiger partial charge in [0.25, 0.3) is 5.91 Å². The quantitative estimate of drug-likeness (QED) is 0.382. The van der Waals surface area contributed by atoms with E-state index < -0.39 is 5.97 Å². The standard InChI is InChI=1S/C21H21N3O4S2/c1-2-28-20(27)18-17(14-8-4-3-5-9-14)24-21(30-18)23-16(25)11-6-12-22-19(26)15-10-7-13-29-15/h3-5,7-10,13H,2,6,11-12H2,1H3,(H,22,26)(H,23,24,25). The molecule has 0 saturated heterocycles. The SMILES string of the molecule is CCOC(=O)c1sc(NC(=O)CCCNC(=O)c2cccs2)nc1-c1ccccc1. The fraction of sp³-hybridized carbons (Fsp3) is 0.238. The van der Waals surface area contributed by atoms with E-state index in [1.165, 1.54) is 11.3 Å². The summed E-state index contributed by atoms with van der Waals surface area (Å²) >= 11 is 2.46. The summed E-state index contributed by atoms with van der Waals surface area (Å²) in [6.07, 6.45) is 0.713. The topological polar surface area (TPSA) is 97.4 Å². The highest BCUT2D eigenvalue weighted by atomic mass is 32.1. The van der Waals surface area contributed by atoms with Crippen molar-refractivity contribution in [3.63, 3.8) is 0 Å². The van der Waals surface area contributed by atoms with Gasteiger partial charge in [0.15, 0.2) is 5.13 Å². The number of amides is 2. The summed E-state index contributed by atoms with van der Waals surface area (Å²) in [6.45, 7) is 2.39. The molecule has 0 fully saturated rings. The van der Waals surface area contributed by atoms with Gasteiger partial charge in [-0.2, -0.15) is 0 Å². The number of carbonyl (C=O) groups is 3. The molecule has 2 amide bonds. The van der Waals surface area contributed by atoms with Crippen LogP contribution in [0.15, 0.2) is 47.8 Å². The van der Waals surface area contributed by atoms with Crippen molar-refractivity contribution in [1.82, 2.24) is 10.3 Å².